The largest absolute Gasteiger partial charge is 0.340 e. The van der Waals surface area contributed by atoms with Crippen LogP contribution < -0.4 is 11.2 Å². The molecule has 1 amide bonds. The number of amides is 1. The lowest BCUT2D eigenvalue weighted by atomic mass is 10.1. The van der Waals surface area contributed by atoms with Crippen LogP contribution in [0.15, 0.2) is 34.0 Å². The van der Waals surface area contributed by atoms with Gasteiger partial charge in [0.2, 0.25) is 5.91 Å². The van der Waals surface area contributed by atoms with Crippen LogP contribution in [0, 0.1) is 6.92 Å². The zero-order chi connectivity index (χ0) is 19.1. The minimum absolute atomic E-state index is 0.0424. The van der Waals surface area contributed by atoms with Gasteiger partial charge in [0.05, 0.1) is 23.5 Å². The van der Waals surface area contributed by atoms with Gasteiger partial charge in [-0.05, 0) is 37.5 Å². The minimum atomic E-state index is -0.493. The summed E-state index contributed by atoms with van der Waals surface area (Å²) in [6.07, 6.45) is 3.00. The van der Waals surface area contributed by atoms with E-state index in [1.54, 1.807) is 4.90 Å². The van der Waals surface area contributed by atoms with E-state index in [4.69, 9.17) is 0 Å². The number of H-pyrrole nitrogens is 2. The van der Waals surface area contributed by atoms with Gasteiger partial charge in [0.1, 0.15) is 5.82 Å². The van der Waals surface area contributed by atoms with Crippen LogP contribution in [-0.2, 0) is 18.3 Å². The quantitative estimate of drug-likeness (QED) is 0.725. The Morgan fingerprint density at radius 2 is 2.15 bits per heavy atom. The summed E-state index contributed by atoms with van der Waals surface area (Å²) in [5.74, 6) is 0.633. The third kappa shape index (κ3) is 3.07. The zero-order valence-electron chi connectivity index (χ0n) is 15.3. The number of carbonyl (C=O) groups is 1. The fourth-order valence-electron chi connectivity index (χ4n) is 3.66. The van der Waals surface area contributed by atoms with Crippen LogP contribution in [0.3, 0.4) is 0 Å². The summed E-state index contributed by atoms with van der Waals surface area (Å²) in [4.78, 5) is 48.8. The fourth-order valence-corrected chi connectivity index (χ4v) is 3.66. The maximum absolute atomic E-state index is 12.9. The lowest BCUT2D eigenvalue weighted by Crippen LogP contribution is -2.38. The number of carbonyl (C=O) groups excluding carboxylic acids is 1. The average Bonchev–Trinajstić information content (AvgIpc) is 3.28. The highest BCUT2D eigenvalue weighted by Gasteiger charge is 2.32. The molecular formula is C19H21N5O3. The molecule has 8 nitrogen and oxygen atoms in total. The summed E-state index contributed by atoms with van der Waals surface area (Å²) in [5, 5.41) is 0. The highest BCUT2D eigenvalue weighted by Crippen LogP contribution is 2.31. The predicted octanol–water partition coefficient (Wildman–Crippen LogP) is 1.16. The molecule has 2 N–H and O–H groups in total. The van der Waals surface area contributed by atoms with Gasteiger partial charge < -0.3 is 14.9 Å². The Morgan fingerprint density at radius 3 is 2.96 bits per heavy atom. The molecule has 1 aliphatic rings. The van der Waals surface area contributed by atoms with Crippen molar-refractivity contribution in [2.75, 3.05) is 6.54 Å². The third-order valence-electron chi connectivity index (χ3n) is 5.14. The maximum atomic E-state index is 12.9. The molecule has 1 aromatic carbocycles. The number of rotatable bonds is 3. The van der Waals surface area contributed by atoms with Crippen LogP contribution in [0.5, 0.6) is 0 Å². The molecule has 3 heterocycles. The van der Waals surface area contributed by atoms with Crippen LogP contribution in [0.2, 0.25) is 0 Å². The molecule has 0 aliphatic carbocycles. The van der Waals surface area contributed by atoms with Gasteiger partial charge >= 0.3 is 5.69 Å². The van der Waals surface area contributed by atoms with Gasteiger partial charge in [0.15, 0.2) is 0 Å². The van der Waals surface area contributed by atoms with Crippen molar-refractivity contribution in [1.29, 1.82) is 0 Å². The molecule has 140 valence electrons. The second-order valence-electron chi connectivity index (χ2n) is 7.05. The maximum Gasteiger partial charge on any atom is 0.328 e. The molecule has 4 rings (SSSR count). The van der Waals surface area contributed by atoms with Crippen LogP contribution in [0.4, 0.5) is 0 Å². The predicted molar refractivity (Wildman–Crippen MR) is 101 cm³/mol. The van der Waals surface area contributed by atoms with Crippen molar-refractivity contribution in [1.82, 2.24) is 24.4 Å². The number of hydrogen-bond acceptors (Lipinski definition) is 4. The second kappa shape index (κ2) is 6.53. The van der Waals surface area contributed by atoms with Gasteiger partial charge in [0, 0.05) is 25.4 Å². The first-order valence-corrected chi connectivity index (χ1v) is 8.97. The molecule has 0 saturated carbocycles. The Kier molecular flexibility index (Phi) is 4.18. The summed E-state index contributed by atoms with van der Waals surface area (Å²) < 4.78 is 0.978. The van der Waals surface area contributed by atoms with Gasteiger partial charge in [-0.1, -0.05) is 6.07 Å². The molecule has 0 radical (unpaired) electrons. The third-order valence-corrected chi connectivity index (χ3v) is 5.14. The summed E-state index contributed by atoms with van der Waals surface area (Å²) >= 11 is 0. The van der Waals surface area contributed by atoms with Crippen molar-refractivity contribution in [3.05, 3.63) is 62.2 Å². The number of aromatic nitrogens is 4. The smallest absolute Gasteiger partial charge is 0.328 e. The number of benzene rings is 1. The summed E-state index contributed by atoms with van der Waals surface area (Å²) in [5.41, 5.74) is 2.33. The van der Waals surface area contributed by atoms with Gasteiger partial charge in [-0.3, -0.25) is 14.2 Å². The van der Waals surface area contributed by atoms with E-state index in [1.165, 1.54) is 13.2 Å². The van der Waals surface area contributed by atoms with Crippen molar-refractivity contribution in [3.63, 3.8) is 0 Å². The minimum Gasteiger partial charge on any atom is -0.340 e. The first-order valence-electron chi connectivity index (χ1n) is 8.97. The van der Waals surface area contributed by atoms with Crippen LogP contribution in [0.25, 0.3) is 11.0 Å². The SMILES string of the molecule is Cc1ccc2nc([C@H]3CCCN3C(=O)Cc3c[nH]c(=O)n(C)c3=O)[nH]c2c1. The molecule has 1 fully saturated rings. The number of hydrogen-bond donors (Lipinski definition) is 2. The first-order chi connectivity index (χ1) is 12.9. The molecule has 2 aromatic heterocycles. The Balaban J connectivity index is 1.60. The molecule has 3 aromatic rings. The topological polar surface area (TPSA) is 104 Å². The van der Waals surface area contributed by atoms with E-state index < -0.39 is 11.2 Å². The number of nitrogens with one attached hydrogen (secondary N) is 2. The van der Waals surface area contributed by atoms with Gasteiger partial charge in [-0.15, -0.1) is 0 Å². The lowest BCUT2D eigenvalue weighted by Gasteiger charge is -2.23. The van der Waals surface area contributed by atoms with Gasteiger partial charge in [0.25, 0.3) is 5.56 Å². The number of imidazole rings is 1. The molecule has 1 atom stereocenters. The molecule has 8 heteroatoms. The number of fused-ring (bicyclic) bond motifs is 1. The van der Waals surface area contributed by atoms with Crippen molar-refractivity contribution < 1.29 is 4.79 Å². The summed E-state index contributed by atoms with van der Waals surface area (Å²) in [6, 6.07) is 5.89. The first kappa shape index (κ1) is 17.3. The number of aryl methyl sites for hydroxylation is 1. The number of aromatic amines is 2. The Labute approximate surface area is 154 Å². The second-order valence-corrected chi connectivity index (χ2v) is 7.05. The van der Waals surface area contributed by atoms with Crippen LogP contribution >= 0.6 is 0 Å². The van der Waals surface area contributed by atoms with E-state index in [0.29, 0.717) is 6.54 Å². The van der Waals surface area contributed by atoms with Crippen molar-refractivity contribution >= 4 is 16.9 Å². The number of likely N-dealkylation sites (tertiary alicyclic amines) is 1. The molecule has 0 spiro atoms. The number of nitrogens with zero attached hydrogens (tertiary/aromatic N) is 3. The van der Waals surface area contributed by atoms with Crippen molar-refractivity contribution in [2.45, 2.75) is 32.2 Å². The summed E-state index contributed by atoms with van der Waals surface area (Å²) in [6.45, 7) is 2.65. The molecular weight excluding hydrogens is 346 g/mol. The zero-order valence-corrected chi connectivity index (χ0v) is 15.3. The van der Waals surface area contributed by atoms with E-state index >= 15 is 0 Å². The molecule has 1 saturated heterocycles. The molecule has 0 bridgehead atoms. The lowest BCUT2D eigenvalue weighted by molar-refractivity contribution is -0.131. The van der Waals surface area contributed by atoms with Gasteiger partial charge in [-0.2, -0.15) is 0 Å². The normalized spacial score (nSPS) is 17.0. The molecule has 27 heavy (non-hydrogen) atoms. The Hall–Kier alpha value is -3.16. The average molecular weight is 367 g/mol. The van der Waals surface area contributed by atoms with E-state index in [9.17, 15) is 14.4 Å². The van der Waals surface area contributed by atoms with Crippen LogP contribution in [-0.4, -0.2) is 36.9 Å². The van der Waals surface area contributed by atoms with E-state index in [-0.39, 0.29) is 23.9 Å². The standard InChI is InChI=1S/C19H21N5O3/c1-11-5-6-13-14(8-11)22-17(21-13)15-4-3-7-24(15)16(25)9-12-10-20-19(27)23(2)18(12)26/h5-6,8,10,15H,3-4,7,9H2,1-2H3,(H,20,27)(H,21,22)/t15-/m1/s1. The van der Waals surface area contributed by atoms with E-state index in [1.807, 2.05) is 25.1 Å². The van der Waals surface area contributed by atoms with E-state index in [0.717, 1.165) is 39.8 Å². The fraction of sp³-hybridized carbons (Fsp3) is 0.368. The monoisotopic (exact) mass is 367 g/mol. The molecule has 0 unspecified atom stereocenters. The Bertz CT molecular complexity index is 1140. The van der Waals surface area contributed by atoms with Gasteiger partial charge in [-0.25, -0.2) is 9.78 Å². The highest BCUT2D eigenvalue weighted by atomic mass is 16.2. The van der Waals surface area contributed by atoms with Crippen LogP contribution in [0.1, 0.15) is 35.8 Å². The van der Waals surface area contributed by atoms with E-state index in [2.05, 4.69) is 15.0 Å². The van der Waals surface area contributed by atoms with Crippen molar-refractivity contribution in [2.24, 2.45) is 7.05 Å². The van der Waals surface area contributed by atoms with Crippen molar-refractivity contribution in [3.8, 4) is 0 Å². The summed E-state index contributed by atoms with van der Waals surface area (Å²) in [7, 11) is 1.39. The highest BCUT2D eigenvalue weighted by molar-refractivity contribution is 5.80. The Morgan fingerprint density at radius 1 is 1.33 bits per heavy atom. The molecule has 1 aliphatic heterocycles.